The highest BCUT2D eigenvalue weighted by Gasteiger charge is 2.20. The lowest BCUT2D eigenvalue weighted by Gasteiger charge is -2.27. The van der Waals surface area contributed by atoms with Crippen molar-refractivity contribution in [3.63, 3.8) is 0 Å². The molecule has 0 aliphatic heterocycles. The normalized spacial score (nSPS) is 11.7. The fourth-order valence-corrected chi connectivity index (χ4v) is 1.92. The van der Waals surface area contributed by atoms with E-state index in [1.165, 1.54) is 0 Å². The molecule has 0 bridgehead atoms. The number of fused-ring (bicyclic) bond motifs is 1. The predicted octanol–water partition coefficient (Wildman–Crippen LogP) is 3.00. The number of hydrogen-bond acceptors (Lipinski definition) is 3. The molecule has 0 fully saturated rings. The zero-order valence-electron chi connectivity index (χ0n) is 11.2. The molecular weight excluding hydrogens is 224 g/mol. The summed E-state index contributed by atoms with van der Waals surface area (Å²) >= 11 is 0. The van der Waals surface area contributed by atoms with Gasteiger partial charge in [0.15, 0.2) is 0 Å². The van der Waals surface area contributed by atoms with Gasteiger partial charge in [0.25, 0.3) is 0 Å². The van der Waals surface area contributed by atoms with E-state index in [0.717, 1.165) is 29.7 Å². The fourth-order valence-electron chi connectivity index (χ4n) is 1.92. The summed E-state index contributed by atoms with van der Waals surface area (Å²) in [6.07, 6.45) is 1.80. The molecule has 0 aliphatic carbocycles. The van der Waals surface area contributed by atoms with E-state index in [1.807, 2.05) is 30.3 Å². The third-order valence-corrected chi connectivity index (χ3v) is 2.78. The molecule has 96 valence electrons. The second kappa shape index (κ2) is 5.36. The number of benzene rings is 1. The van der Waals surface area contributed by atoms with Gasteiger partial charge in [-0.3, -0.25) is 4.98 Å². The van der Waals surface area contributed by atoms with Crippen molar-refractivity contribution >= 4 is 10.9 Å². The maximum atomic E-state index is 6.09. The number of hydrogen-bond donors (Lipinski definition) is 1. The zero-order valence-corrected chi connectivity index (χ0v) is 11.2. The van der Waals surface area contributed by atoms with E-state index in [4.69, 9.17) is 4.74 Å². The van der Waals surface area contributed by atoms with Gasteiger partial charge in [-0.25, -0.2) is 0 Å². The predicted molar refractivity (Wildman–Crippen MR) is 75.0 cm³/mol. The monoisotopic (exact) mass is 244 g/mol. The zero-order chi connectivity index (χ0) is 13.0. The molecule has 0 saturated heterocycles. The van der Waals surface area contributed by atoms with Gasteiger partial charge >= 0.3 is 0 Å². The van der Waals surface area contributed by atoms with Crippen LogP contribution in [0.15, 0.2) is 36.5 Å². The molecule has 2 rings (SSSR count). The summed E-state index contributed by atoms with van der Waals surface area (Å²) in [5.74, 6) is 0.844. The first-order valence-corrected chi connectivity index (χ1v) is 6.36. The van der Waals surface area contributed by atoms with E-state index < -0.39 is 0 Å². The first kappa shape index (κ1) is 12.8. The van der Waals surface area contributed by atoms with E-state index in [9.17, 15) is 0 Å². The van der Waals surface area contributed by atoms with Crippen LogP contribution in [0.25, 0.3) is 10.9 Å². The third kappa shape index (κ3) is 2.99. The van der Waals surface area contributed by atoms with Gasteiger partial charge in [0.05, 0.1) is 0 Å². The molecule has 0 radical (unpaired) electrons. The Morgan fingerprint density at radius 3 is 2.78 bits per heavy atom. The summed E-state index contributed by atoms with van der Waals surface area (Å²) in [7, 11) is 0. The van der Waals surface area contributed by atoms with Crippen LogP contribution >= 0.6 is 0 Å². The molecule has 0 unspecified atom stereocenters. The molecule has 1 N–H and O–H groups in total. The quantitative estimate of drug-likeness (QED) is 0.878. The van der Waals surface area contributed by atoms with E-state index >= 15 is 0 Å². The highest BCUT2D eigenvalue weighted by atomic mass is 16.5. The van der Waals surface area contributed by atoms with Crippen LogP contribution in [0.3, 0.4) is 0 Å². The molecule has 1 aromatic carbocycles. The van der Waals surface area contributed by atoms with Gasteiger partial charge in [-0.2, -0.15) is 0 Å². The smallest absolute Gasteiger partial charge is 0.146 e. The lowest BCUT2D eigenvalue weighted by molar-refractivity contribution is 0.110. The summed E-state index contributed by atoms with van der Waals surface area (Å²) in [4.78, 5) is 4.40. The average Bonchev–Trinajstić information content (AvgIpc) is 2.37. The number of pyridine rings is 1. The lowest BCUT2D eigenvalue weighted by atomic mass is 10.1. The fraction of sp³-hybridized carbons (Fsp3) is 0.400. The Balaban J connectivity index is 2.26. The highest BCUT2D eigenvalue weighted by molar-refractivity contribution is 5.84. The van der Waals surface area contributed by atoms with Crippen molar-refractivity contribution in [2.24, 2.45) is 0 Å². The standard InChI is InChI=1S/C15H20N2O/c1-4-16-11-15(2,3)18-13-9-5-7-12-8-6-10-17-14(12)13/h5-10,16H,4,11H2,1-3H3. The molecule has 0 atom stereocenters. The van der Waals surface area contributed by atoms with E-state index in [2.05, 4.69) is 31.1 Å². The summed E-state index contributed by atoms with van der Waals surface area (Å²) in [6, 6.07) is 10.0. The van der Waals surface area contributed by atoms with Crippen LogP contribution in [0.5, 0.6) is 5.75 Å². The maximum Gasteiger partial charge on any atom is 0.146 e. The molecule has 0 spiro atoms. The molecule has 0 amide bonds. The first-order chi connectivity index (χ1) is 8.62. The topological polar surface area (TPSA) is 34.1 Å². The molecule has 3 nitrogen and oxygen atoms in total. The molecule has 2 aromatic rings. The maximum absolute atomic E-state index is 6.09. The molecule has 1 heterocycles. The largest absolute Gasteiger partial charge is 0.484 e. The van der Waals surface area contributed by atoms with Crippen molar-refractivity contribution < 1.29 is 4.74 Å². The summed E-state index contributed by atoms with van der Waals surface area (Å²) < 4.78 is 6.09. The summed E-state index contributed by atoms with van der Waals surface area (Å²) in [5.41, 5.74) is 0.673. The molecular formula is C15H20N2O. The number of para-hydroxylation sites is 1. The SMILES string of the molecule is CCNCC(C)(C)Oc1cccc2cccnc12. The molecule has 18 heavy (non-hydrogen) atoms. The van der Waals surface area contributed by atoms with Gasteiger partial charge in [0, 0.05) is 18.1 Å². The second-order valence-electron chi connectivity index (χ2n) is 4.97. The van der Waals surface area contributed by atoms with Crippen LogP contribution < -0.4 is 10.1 Å². The number of nitrogens with one attached hydrogen (secondary N) is 1. The Bertz CT molecular complexity index is 517. The number of likely N-dealkylation sites (N-methyl/N-ethyl adjacent to an activating group) is 1. The van der Waals surface area contributed by atoms with Crippen LogP contribution in [0, 0.1) is 0 Å². The van der Waals surface area contributed by atoms with Crippen LogP contribution in [0.4, 0.5) is 0 Å². The number of rotatable bonds is 5. The van der Waals surface area contributed by atoms with Crippen LogP contribution in [0.1, 0.15) is 20.8 Å². The summed E-state index contributed by atoms with van der Waals surface area (Å²) in [5, 5.41) is 4.42. The lowest BCUT2D eigenvalue weighted by Crippen LogP contribution is -2.40. The molecule has 3 heteroatoms. The number of aromatic nitrogens is 1. The molecule has 0 saturated carbocycles. The minimum Gasteiger partial charge on any atom is -0.484 e. The van der Waals surface area contributed by atoms with Gasteiger partial charge in [-0.05, 0) is 32.5 Å². The Hall–Kier alpha value is -1.61. The van der Waals surface area contributed by atoms with Crippen molar-refractivity contribution in [1.82, 2.24) is 10.3 Å². The van der Waals surface area contributed by atoms with Crippen LogP contribution in [-0.4, -0.2) is 23.7 Å². The van der Waals surface area contributed by atoms with E-state index in [1.54, 1.807) is 6.20 Å². The van der Waals surface area contributed by atoms with Gasteiger partial charge in [-0.1, -0.05) is 25.1 Å². The van der Waals surface area contributed by atoms with Crippen molar-refractivity contribution in [3.05, 3.63) is 36.5 Å². The Morgan fingerprint density at radius 2 is 2.00 bits per heavy atom. The Morgan fingerprint density at radius 1 is 1.22 bits per heavy atom. The van der Waals surface area contributed by atoms with Gasteiger partial charge in [0.1, 0.15) is 16.9 Å². The van der Waals surface area contributed by atoms with Crippen LogP contribution in [0.2, 0.25) is 0 Å². The van der Waals surface area contributed by atoms with Crippen molar-refractivity contribution in [2.75, 3.05) is 13.1 Å². The van der Waals surface area contributed by atoms with Gasteiger partial charge < -0.3 is 10.1 Å². The van der Waals surface area contributed by atoms with Gasteiger partial charge in [-0.15, -0.1) is 0 Å². The second-order valence-corrected chi connectivity index (χ2v) is 4.97. The number of nitrogens with zero attached hydrogens (tertiary/aromatic N) is 1. The third-order valence-electron chi connectivity index (χ3n) is 2.78. The minimum absolute atomic E-state index is 0.248. The van der Waals surface area contributed by atoms with Crippen LogP contribution in [-0.2, 0) is 0 Å². The van der Waals surface area contributed by atoms with Crippen molar-refractivity contribution in [3.8, 4) is 5.75 Å². The Labute approximate surface area is 108 Å². The Kier molecular flexibility index (Phi) is 3.82. The van der Waals surface area contributed by atoms with Gasteiger partial charge in [0.2, 0.25) is 0 Å². The van der Waals surface area contributed by atoms with Crippen molar-refractivity contribution in [2.45, 2.75) is 26.4 Å². The average molecular weight is 244 g/mol. The molecule has 0 aliphatic rings. The summed E-state index contributed by atoms with van der Waals surface area (Å²) in [6.45, 7) is 8.01. The van der Waals surface area contributed by atoms with E-state index in [-0.39, 0.29) is 5.60 Å². The first-order valence-electron chi connectivity index (χ1n) is 6.36. The van der Waals surface area contributed by atoms with E-state index in [0.29, 0.717) is 0 Å². The van der Waals surface area contributed by atoms with Crippen molar-refractivity contribution in [1.29, 1.82) is 0 Å². The minimum atomic E-state index is -0.248. The molecule has 1 aromatic heterocycles. The highest BCUT2D eigenvalue weighted by Crippen LogP contribution is 2.26. The number of ether oxygens (including phenoxy) is 1.